The molecule has 0 atom stereocenters. The van der Waals surface area contributed by atoms with Gasteiger partial charge in [0.05, 0.1) is 13.2 Å². The van der Waals surface area contributed by atoms with Crippen LogP contribution in [0.3, 0.4) is 0 Å². The maximum atomic E-state index is 5.80. The highest BCUT2D eigenvalue weighted by Crippen LogP contribution is 2.16. The summed E-state index contributed by atoms with van der Waals surface area (Å²) in [5, 5.41) is 0. The molecule has 14 heavy (non-hydrogen) atoms. The molecule has 0 fully saturated rings. The van der Waals surface area contributed by atoms with Gasteiger partial charge in [0, 0.05) is 10.0 Å². The van der Waals surface area contributed by atoms with E-state index in [9.17, 15) is 0 Å². The SMILES string of the molecule is CC(C)(N)COCc1ccccc1Br. The van der Waals surface area contributed by atoms with Crippen molar-refractivity contribution in [1.29, 1.82) is 0 Å². The third-order valence-corrected chi connectivity index (χ3v) is 2.46. The molecule has 0 aliphatic carbocycles. The smallest absolute Gasteiger partial charge is 0.0728 e. The molecule has 1 aromatic carbocycles. The fourth-order valence-corrected chi connectivity index (χ4v) is 1.44. The van der Waals surface area contributed by atoms with Gasteiger partial charge in [-0.3, -0.25) is 0 Å². The Hall–Kier alpha value is -0.380. The van der Waals surface area contributed by atoms with Crippen molar-refractivity contribution in [2.75, 3.05) is 6.61 Å². The van der Waals surface area contributed by atoms with E-state index in [2.05, 4.69) is 15.9 Å². The molecular weight excluding hydrogens is 242 g/mol. The van der Waals surface area contributed by atoms with Crippen molar-refractivity contribution in [2.45, 2.75) is 26.0 Å². The van der Waals surface area contributed by atoms with E-state index in [0.29, 0.717) is 13.2 Å². The fourth-order valence-electron chi connectivity index (χ4n) is 1.04. The number of hydrogen-bond donors (Lipinski definition) is 1. The van der Waals surface area contributed by atoms with Crippen molar-refractivity contribution in [3.8, 4) is 0 Å². The summed E-state index contributed by atoms with van der Waals surface area (Å²) in [6, 6.07) is 8.03. The second-order valence-electron chi connectivity index (χ2n) is 4.07. The monoisotopic (exact) mass is 257 g/mol. The molecule has 78 valence electrons. The van der Waals surface area contributed by atoms with Crippen LogP contribution in [0.5, 0.6) is 0 Å². The standard InChI is InChI=1S/C11H16BrNO/c1-11(2,13)8-14-7-9-5-3-4-6-10(9)12/h3-6H,7-8,13H2,1-2H3. The lowest BCUT2D eigenvalue weighted by atomic mass is 10.1. The van der Waals surface area contributed by atoms with Crippen molar-refractivity contribution in [1.82, 2.24) is 0 Å². The minimum Gasteiger partial charge on any atom is -0.375 e. The zero-order valence-corrected chi connectivity index (χ0v) is 10.2. The summed E-state index contributed by atoms with van der Waals surface area (Å²) < 4.78 is 6.59. The Kier molecular flexibility index (Phi) is 4.11. The maximum absolute atomic E-state index is 5.80. The minimum absolute atomic E-state index is 0.263. The van der Waals surface area contributed by atoms with E-state index in [1.807, 2.05) is 38.1 Å². The Balaban J connectivity index is 2.43. The fraction of sp³-hybridized carbons (Fsp3) is 0.455. The van der Waals surface area contributed by atoms with Crippen LogP contribution in [0.2, 0.25) is 0 Å². The second-order valence-corrected chi connectivity index (χ2v) is 4.93. The average Bonchev–Trinajstić information content (AvgIpc) is 2.06. The van der Waals surface area contributed by atoms with Crippen molar-refractivity contribution in [3.05, 3.63) is 34.3 Å². The normalized spacial score (nSPS) is 11.7. The molecule has 1 aromatic rings. The van der Waals surface area contributed by atoms with Gasteiger partial charge in [-0.15, -0.1) is 0 Å². The molecule has 0 spiro atoms. The Morgan fingerprint density at radius 2 is 2.00 bits per heavy atom. The van der Waals surface area contributed by atoms with E-state index in [-0.39, 0.29) is 5.54 Å². The largest absolute Gasteiger partial charge is 0.375 e. The predicted octanol–water partition coefficient (Wildman–Crippen LogP) is 2.70. The lowest BCUT2D eigenvalue weighted by molar-refractivity contribution is 0.0847. The van der Waals surface area contributed by atoms with Crippen LogP contribution in [0.4, 0.5) is 0 Å². The van der Waals surface area contributed by atoms with E-state index >= 15 is 0 Å². The van der Waals surface area contributed by atoms with Crippen molar-refractivity contribution >= 4 is 15.9 Å². The number of hydrogen-bond acceptors (Lipinski definition) is 2. The molecule has 1 rings (SSSR count). The van der Waals surface area contributed by atoms with Gasteiger partial charge < -0.3 is 10.5 Å². The number of rotatable bonds is 4. The van der Waals surface area contributed by atoms with Crippen LogP contribution in [0.25, 0.3) is 0 Å². The van der Waals surface area contributed by atoms with E-state index in [0.717, 1.165) is 10.0 Å². The lowest BCUT2D eigenvalue weighted by Gasteiger charge is -2.18. The summed E-state index contributed by atoms with van der Waals surface area (Å²) in [7, 11) is 0. The Morgan fingerprint density at radius 1 is 1.36 bits per heavy atom. The van der Waals surface area contributed by atoms with Crippen LogP contribution in [-0.4, -0.2) is 12.1 Å². The minimum atomic E-state index is -0.263. The van der Waals surface area contributed by atoms with E-state index in [1.165, 1.54) is 0 Å². The molecule has 0 amide bonds. The highest BCUT2D eigenvalue weighted by atomic mass is 79.9. The van der Waals surface area contributed by atoms with Crippen molar-refractivity contribution in [2.24, 2.45) is 5.73 Å². The van der Waals surface area contributed by atoms with Gasteiger partial charge in [-0.05, 0) is 25.5 Å². The van der Waals surface area contributed by atoms with E-state index in [4.69, 9.17) is 10.5 Å². The first kappa shape index (κ1) is 11.7. The van der Waals surface area contributed by atoms with Crippen LogP contribution < -0.4 is 5.73 Å². The highest BCUT2D eigenvalue weighted by molar-refractivity contribution is 9.10. The molecule has 0 unspecified atom stereocenters. The van der Waals surface area contributed by atoms with Gasteiger partial charge in [0.25, 0.3) is 0 Å². The third-order valence-electron chi connectivity index (χ3n) is 1.69. The van der Waals surface area contributed by atoms with Gasteiger partial charge in [0.15, 0.2) is 0 Å². The Bertz CT molecular complexity index is 294. The number of benzene rings is 1. The van der Waals surface area contributed by atoms with E-state index in [1.54, 1.807) is 0 Å². The summed E-state index contributed by atoms with van der Waals surface area (Å²) >= 11 is 3.47. The van der Waals surface area contributed by atoms with E-state index < -0.39 is 0 Å². The van der Waals surface area contributed by atoms with Gasteiger partial charge in [-0.25, -0.2) is 0 Å². The summed E-state index contributed by atoms with van der Waals surface area (Å²) in [4.78, 5) is 0. The average molecular weight is 258 g/mol. The molecule has 0 saturated heterocycles. The van der Waals surface area contributed by atoms with Crippen LogP contribution >= 0.6 is 15.9 Å². The number of nitrogens with two attached hydrogens (primary N) is 1. The predicted molar refractivity (Wildman–Crippen MR) is 62.1 cm³/mol. The van der Waals surface area contributed by atoms with Gasteiger partial charge in [0.2, 0.25) is 0 Å². The first-order chi connectivity index (χ1) is 6.49. The first-order valence-electron chi connectivity index (χ1n) is 4.59. The van der Waals surface area contributed by atoms with Crippen LogP contribution in [0.15, 0.2) is 28.7 Å². The molecule has 3 heteroatoms. The summed E-state index contributed by atoms with van der Waals surface area (Å²) in [5.74, 6) is 0. The summed E-state index contributed by atoms with van der Waals surface area (Å²) in [6.45, 7) is 5.07. The molecule has 2 N–H and O–H groups in total. The molecule has 0 saturated carbocycles. The molecule has 0 heterocycles. The van der Waals surface area contributed by atoms with Crippen molar-refractivity contribution in [3.63, 3.8) is 0 Å². The van der Waals surface area contributed by atoms with Gasteiger partial charge in [0.1, 0.15) is 0 Å². The molecular formula is C11H16BrNO. The molecule has 0 bridgehead atoms. The Labute approximate surface area is 93.6 Å². The maximum Gasteiger partial charge on any atom is 0.0728 e. The molecule has 0 aliphatic heterocycles. The molecule has 2 nitrogen and oxygen atoms in total. The summed E-state index contributed by atoms with van der Waals surface area (Å²) in [5.41, 5.74) is 6.69. The Morgan fingerprint density at radius 3 is 2.57 bits per heavy atom. The molecule has 0 aromatic heterocycles. The number of halogens is 1. The first-order valence-corrected chi connectivity index (χ1v) is 5.38. The quantitative estimate of drug-likeness (QED) is 0.901. The van der Waals surface area contributed by atoms with Gasteiger partial charge in [-0.1, -0.05) is 34.1 Å². The molecule has 0 aliphatic rings. The molecule has 0 radical (unpaired) electrons. The topological polar surface area (TPSA) is 35.2 Å². The second kappa shape index (κ2) is 4.91. The summed E-state index contributed by atoms with van der Waals surface area (Å²) in [6.07, 6.45) is 0. The lowest BCUT2D eigenvalue weighted by Crippen LogP contribution is -2.37. The highest BCUT2D eigenvalue weighted by Gasteiger charge is 2.10. The third kappa shape index (κ3) is 4.22. The zero-order chi connectivity index (χ0) is 10.6. The van der Waals surface area contributed by atoms with Crippen molar-refractivity contribution < 1.29 is 4.74 Å². The number of ether oxygens (including phenoxy) is 1. The van der Waals surface area contributed by atoms with Crippen LogP contribution in [-0.2, 0) is 11.3 Å². The van der Waals surface area contributed by atoms with Crippen LogP contribution in [0.1, 0.15) is 19.4 Å². The van der Waals surface area contributed by atoms with Crippen LogP contribution in [0, 0.1) is 0 Å². The zero-order valence-electron chi connectivity index (χ0n) is 8.59. The van der Waals surface area contributed by atoms with Gasteiger partial charge in [-0.2, -0.15) is 0 Å². The van der Waals surface area contributed by atoms with Gasteiger partial charge >= 0.3 is 0 Å².